The highest BCUT2D eigenvalue weighted by molar-refractivity contribution is 9.11. The Bertz CT molecular complexity index is 208. The van der Waals surface area contributed by atoms with Crippen molar-refractivity contribution >= 4 is 37.5 Å². The molecule has 0 spiro atoms. The summed E-state index contributed by atoms with van der Waals surface area (Å²) in [6.45, 7) is 2.02. The summed E-state index contributed by atoms with van der Waals surface area (Å²) in [6.07, 6.45) is 0. The summed E-state index contributed by atoms with van der Waals surface area (Å²) in [6, 6.07) is 3.87. The Morgan fingerprint density at radius 1 is 1.20 bits per heavy atom. The van der Waals surface area contributed by atoms with Crippen molar-refractivity contribution in [1.29, 1.82) is 0 Å². The number of anilines is 1. The number of halogens is 2. The van der Waals surface area contributed by atoms with Crippen LogP contribution < -0.4 is 5.73 Å². The highest BCUT2D eigenvalue weighted by Gasteiger charge is 1.98. The summed E-state index contributed by atoms with van der Waals surface area (Å²) in [4.78, 5) is 0. The fourth-order valence-corrected chi connectivity index (χ4v) is 1.48. The molecule has 0 atom stereocenters. The lowest BCUT2D eigenvalue weighted by Gasteiger charge is -2.01. The van der Waals surface area contributed by atoms with Crippen LogP contribution in [0.5, 0.6) is 0 Å². The standard InChI is InChI=1S/C7H7Br2N/c1-4-2-6(9)7(10)3-5(4)8/h2-3H,10H2,1H3. The Balaban J connectivity index is 3.28. The van der Waals surface area contributed by atoms with Gasteiger partial charge in [-0.25, -0.2) is 0 Å². The molecule has 0 saturated carbocycles. The minimum absolute atomic E-state index is 0.762. The number of nitrogens with two attached hydrogens (primary N) is 1. The largest absolute Gasteiger partial charge is 0.398 e. The second-order valence-corrected chi connectivity index (χ2v) is 3.83. The van der Waals surface area contributed by atoms with E-state index in [0.29, 0.717) is 0 Å². The molecule has 0 aliphatic heterocycles. The molecule has 1 aromatic carbocycles. The molecule has 0 bridgehead atoms. The molecule has 0 aliphatic carbocycles. The first-order valence-corrected chi connectivity index (χ1v) is 4.41. The van der Waals surface area contributed by atoms with Crippen LogP contribution in [-0.2, 0) is 0 Å². The minimum Gasteiger partial charge on any atom is -0.398 e. The smallest absolute Gasteiger partial charge is 0.0469 e. The molecule has 1 rings (SSSR count). The second-order valence-electron chi connectivity index (χ2n) is 2.12. The second kappa shape index (κ2) is 2.93. The number of nitrogen functional groups attached to an aromatic ring is 1. The third-order valence-corrected chi connectivity index (χ3v) is 2.82. The molecule has 2 N–H and O–H groups in total. The molecule has 0 fully saturated rings. The maximum absolute atomic E-state index is 5.61. The average molecular weight is 265 g/mol. The van der Waals surface area contributed by atoms with E-state index in [1.807, 2.05) is 19.1 Å². The van der Waals surface area contributed by atoms with Crippen LogP contribution in [0.25, 0.3) is 0 Å². The van der Waals surface area contributed by atoms with Crippen LogP contribution in [0.3, 0.4) is 0 Å². The third kappa shape index (κ3) is 1.52. The van der Waals surface area contributed by atoms with Gasteiger partial charge in [0.2, 0.25) is 0 Å². The van der Waals surface area contributed by atoms with Crippen LogP contribution in [-0.4, -0.2) is 0 Å². The molecular formula is C7H7Br2N. The molecule has 0 unspecified atom stereocenters. The van der Waals surface area contributed by atoms with Gasteiger partial charge in [0.15, 0.2) is 0 Å². The van der Waals surface area contributed by atoms with Crippen LogP contribution in [0.1, 0.15) is 5.56 Å². The topological polar surface area (TPSA) is 26.0 Å². The Morgan fingerprint density at radius 3 is 2.30 bits per heavy atom. The van der Waals surface area contributed by atoms with Gasteiger partial charge in [-0.05, 0) is 40.5 Å². The fourth-order valence-electron chi connectivity index (χ4n) is 0.662. The van der Waals surface area contributed by atoms with Gasteiger partial charge in [0.25, 0.3) is 0 Å². The van der Waals surface area contributed by atoms with Crippen molar-refractivity contribution in [1.82, 2.24) is 0 Å². The molecule has 3 heteroatoms. The van der Waals surface area contributed by atoms with E-state index in [-0.39, 0.29) is 0 Å². The van der Waals surface area contributed by atoms with E-state index in [4.69, 9.17) is 5.73 Å². The molecule has 0 aliphatic rings. The van der Waals surface area contributed by atoms with Gasteiger partial charge in [0.1, 0.15) is 0 Å². The predicted molar refractivity (Wildman–Crippen MR) is 51.0 cm³/mol. The molecular weight excluding hydrogens is 258 g/mol. The van der Waals surface area contributed by atoms with E-state index in [9.17, 15) is 0 Å². The van der Waals surface area contributed by atoms with Crippen molar-refractivity contribution in [3.8, 4) is 0 Å². The minimum atomic E-state index is 0.762. The van der Waals surface area contributed by atoms with Gasteiger partial charge in [-0.3, -0.25) is 0 Å². The molecule has 0 saturated heterocycles. The monoisotopic (exact) mass is 263 g/mol. The molecule has 0 aromatic heterocycles. The van der Waals surface area contributed by atoms with Crippen molar-refractivity contribution in [2.75, 3.05) is 5.73 Å². The first-order chi connectivity index (χ1) is 4.61. The van der Waals surface area contributed by atoms with Gasteiger partial charge in [-0.15, -0.1) is 0 Å². The van der Waals surface area contributed by atoms with Crippen molar-refractivity contribution in [3.05, 3.63) is 26.6 Å². The van der Waals surface area contributed by atoms with E-state index in [0.717, 1.165) is 14.6 Å². The SMILES string of the molecule is Cc1cc(Br)c(N)cc1Br. The summed E-state index contributed by atoms with van der Waals surface area (Å²) in [5.74, 6) is 0. The van der Waals surface area contributed by atoms with Crippen LogP contribution in [0, 0.1) is 6.92 Å². The van der Waals surface area contributed by atoms with E-state index < -0.39 is 0 Å². The zero-order chi connectivity index (χ0) is 7.72. The van der Waals surface area contributed by atoms with Crippen LogP contribution in [0.4, 0.5) is 5.69 Å². The quantitative estimate of drug-likeness (QED) is 0.716. The van der Waals surface area contributed by atoms with Crippen molar-refractivity contribution in [2.24, 2.45) is 0 Å². The normalized spacial score (nSPS) is 9.90. The lowest BCUT2D eigenvalue weighted by atomic mass is 10.2. The molecule has 0 radical (unpaired) electrons. The van der Waals surface area contributed by atoms with Crippen molar-refractivity contribution < 1.29 is 0 Å². The maximum Gasteiger partial charge on any atom is 0.0469 e. The maximum atomic E-state index is 5.61. The number of aryl methyl sites for hydroxylation is 1. The van der Waals surface area contributed by atoms with Crippen molar-refractivity contribution in [2.45, 2.75) is 6.92 Å². The fraction of sp³-hybridized carbons (Fsp3) is 0.143. The summed E-state index contributed by atoms with van der Waals surface area (Å²) in [5, 5.41) is 0. The first kappa shape index (κ1) is 8.08. The van der Waals surface area contributed by atoms with Gasteiger partial charge in [-0.1, -0.05) is 15.9 Å². The van der Waals surface area contributed by atoms with E-state index in [2.05, 4.69) is 31.9 Å². The van der Waals surface area contributed by atoms with Gasteiger partial charge in [0, 0.05) is 14.6 Å². The molecule has 1 aromatic rings. The van der Waals surface area contributed by atoms with Crippen molar-refractivity contribution in [3.63, 3.8) is 0 Å². The third-order valence-electron chi connectivity index (χ3n) is 1.28. The highest BCUT2D eigenvalue weighted by atomic mass is 79.9. The highest BCUT2D eigenvalue weighted by Crippen LogP contribution is 2.26. The van der Waals surface area contributed by atoms with E-state index in [1.54, 1.807) is 0 Å². The molecule has 0 heterocycles. The average Bonchev–Trinajstić information content (AvgIpc) is 1.84. The predicted octanol–water partition coefficient (Wildman–Crippen LogP) is 3.10. The Kier molecular flexibility index (Phi) is 2.36. The van der Waals surface area contributed by atoms with Gasteiger partial charge < -0.3 is 5.73 Å². The molecule has 0 amide bonds. The number of hydrogen-bond donors (Lipinski definition) is 1. The lowest BCUT2D eigenvalue weighted by Crippen LogP contribution is -1.87. The number of hydrogen-bond acceptors (Lipinski definition) is 1. The number of rotatable bonds is 0. The van der Waals surface area contributed by atoms with Gasteiger partial charge in [-0.2, -0.15) is 0 Å². The summed E-state index contributed by atoms with van der Waals surface area (Å²) in [7, 11) is 0. The lowest BCUT2D eigenvalue weighted by molar-refractivity contribution is 1.41. The number of benzene rings is 1. The van der Waals surface area contributed by atoms with Gasteiger partial charge >= 0.3 is 0 Å². The van der Waals surface area contributed by atoms with Crippen LogP contribution in [0.2, 0.25) is 0 Å². The van der Waals surface area contributed by atoms with Crippen LogP contribution >= 0.6 is 31.9 Å². The van der Waals surface area contributed by atoms with E-state index >= 15 is 0 Å². The molecule has 54 valence electrons. The summed E-state index contributed by atoms with van der Waals surface area (Å²) >= 11 is 6.71. The Labute approximate surface area is 76.9 Å². The molecule has 10 heavy (non-hydrogen) atoms. The Morgan fingerprint density at radius 2 is 1.80 bits per heavy atom. The molecule has 1 nitrogen and oxygen atoms in total. The Hall–Kier alpha value is -0.0200. The van der Waals surface area contributed by atoms with Crippen LogP contribution in [0.15, 0.2) is 21.1 Å². The first-order valence-electron chi connectivity index (χ1n) is 2.82. The summed E-state index contributed by atoms with van der Waals surface area (Å²) in [5.41, 5.74) is 7.56. The zero-order valence-electron chi connectivity index (χ0n) is 5.49. The summed E-state index contributed by atoms with van der Waals surface area (Å²) < 4.78 is 2.00. The van der Waals surface area contributed by atoms with E-state index in [1.165, 1.54) is 5.56 Å². The van der Waals surface area contributed by atoms with Gasteiger partial charge in [0.05, 0.1) is 0 Å². The zero-order valence-corrected chi connectivity index (χ0v) is 8.66.